The minimum absolute atomic E-state index is 0.0391. The number of nitrogens with one attached hydrogen (secondary N) is 2. The van der Waals surface area contributed by atoms with Crippen LogP contribution in [0.2, 0.25) is 0 Å². The smallest absolute Gasteiger partial charge is 0.341 e. The highest BCUT2D eigenvalue weighted by molar-refractivity contribution is 5.89. The SMILES string of the molecule is CCOC(NC(=O)Nc1cccc(C)c1)(C(F)(F)F)C(F)(F)F. The van der Waals surface area contributed by atoms with Crippen LogP contribution in [0.1, 0.15) is 12.5 Å². The van der Waals surface area contributed by atoms with E-state index in [4.69, 9.17) is 0 Å². The first kappa shape index (κ1) is 19.1. The molecule has 10 heteroatoms. The fraction of sp³-hybridized carbons (Fsp3) is 0.462. The first-order chi connectivity index (χ1) is 10.4. The van der Waals surface area contributed by atoms with Gasteiger partial charge in [0.1, 0.15) is 0 Å². The van der Waals surface area contributed by atoms with Gasteiger partial charge in [0.05, 0.1) is 0 Å². The Morgan fingerprint density at radius 3 is 2.13 bits per heavy atom. The van der Waals surface area contributed by atoms with Gasteiger partial charge in [-0.25, -0.2) is 4.79 Å². The monoisotopic (exact) mass is 344 g/mol. The molecule has 0 saturated carbocycles. The molecule has 2 amide bonds. The topological polar surface area (TPSA) is 50.4 Å². The Bertz CT molecular complexity index is 542. The Kier molecular flexibility index (Phi) is 5.51. The highest BCUT2D eigenvalue weighted by Crippen LogP contribution is 2.44. The molecule has 0 radical (unpaired) electrons. The highest BCUT2D eigenvalue weighted by Gasteiger charge is 2.73. The van der Waals surface area contributed by atoms with E-state index >= 15 is 0 Å². The van der Waals surface area contributed by atoms with Gasteiger partial charge in [-0.1, -0.05) is 12.1 Å². The molecule has 0 atom stereocenters. The predicted molar refractivity (Wildman–Crippen MR) is 69.8 cm³/mol. The second-order valence-electron chi connectivity index (χ2n) is 4.56. The van der Waals surface area contributed by atoms with Crippen molar-refractivity contribution in [3.63, 3.8) is 0 Å². The lowest BCUT2D eigenvalue weighted by Crippen LogP contribution is -2.69. The number of amides is 2. The van der Waals surface area contributed by atoms with Gasteiger partial charge in [0.25, 0.3) is 0 Å². The van der Waals surface area contributed by atoms with Crippen molar-refractivity contribution in [1.82, 2.24) is 5.32 Å². The third-order valence-electron chi connectivity index (χ3n) is 2.72. The molecule has 0 saturated heterocycles. The number of benzene rings is 1. The van der Waals surface area contributed by atoms with Crippen molar-refractivity contribution < 1.29 is 35.9 Å². The fourth-order valence-corrected chi connectivity index (χ4v) is 1.76. The van der Waals surface area contributed by atoms with E-state index in [2.05, 4.69) is 4.74 Å². The first-order valence-corrected chi connectivity index (χ1v) is 6.36. The summed E-state index contributed by atoms with van der Waals surface area (Å²) in [6, 6.07) is 4.12. The molecule has 0 fully saturated rings. The highest BCUT2D eigenvalue weighted by atomic mass is 19.4. The first-order valence-electron chi connectivity index (χ1n) is 6.36. The molecule has 2 N–H and O–H groups in total. The summed E-state index contributed by atoms with van der Waals surface area (Å²) in [5.41, 5.74) is -4.09. The lowest BCUT2D eigenvalue weighted by molar-refractivity contribution is -0.387. The molecular weight excluding hydrogens is 330 g/mol. The van der Waals surface area contributed by atoms with E-state index in [-0.39, 0.29) is 5.69 Å². The molecule has 0 aliphatic carbocycles. The number of alkyl halides is 6. The molecule has 1 aromatic rings. The Labute approximate surface area is 127 Å². The summed E-state index contributed by atoms with van der Waals surface area (Å²) < 4.78 is 81.5. The van der Waals surface area contributed by atoms with E-state index in [1.165, 1.54) is 18.2 Å². The number of hydrogen-bond acceptors (Lipinski definition) is 2. The molecule has 4 nitrogen and oxygen atoms in total. The van der Waals surface area contributed by atoms with Crippen molar-refractivity contribution in [1.29, 1.82) is 0 Å². The molecule has 1 rings (SSSR count). The lowest BCUT2D eigenvalue weighted by atomic mass is 10.2. The van der Waals surface area contributed by atoms with E-state index in [9.17, 15) is 31.1 Å². The average molecular weight is 344 g/mol. The summed E-state index contributed by atoms with van der Waals surface area (Å²) in [5.74, 6) is 0. The number of carbonyl (C=O) groups is 1. The summed E-state index contributed by atoms with van der Waals surface area (Å²) in [4.78, 5) is 11.6. The van der Waals surface area contributed by atoms with Gasteiger partial charge >= 0.3 is 24.1 Å². The number of anilines is 1. The van der Waals surface area contributed by atoms with E-state index in [0.29, 0.717) is 5.56 Å². The van der Waals surface area contributed by atoms with Crippen molar-refractivity contribution in [2.45, 2.75) is 31.9 Å². The minimum Gasteiger partial charge on any atom is -0.341 e. The van der Waals surface area contributed by atoms with Crippen molar-refractivity contribution >= 4 is 11.7 Å². The van der Waals surface area contributed by atoms with Crippen LogP contribution in [-0.4, -0.2) is 30.7 Å². The zero-order valence-corrected chi connectivity index (χ0v) is 12.1. The zero-order chi connectivity index (χ0) is 17.9. The third-order valence-corrected chi connectivity index (χ3v) is 2.72. The number of ether oxygens (including phenoxy) is 1. The maximum absolute atomic E-state index is 12.9. The molecule has 0 bridgehead atoms. The second-order valence-corrected chi connectivity index (χ2v) is 4.56. The van der Waals surface area contributed by atoms with Gasteiger partial charge < -0.3 is 10.1 Å². The quantitative estimate of drug-likeness (QED) is 0.641. The minimum atomic E-state index is -5.90. The van der Waals surface area contributed by atoms with Crippen LogP contribution >= 0.6 is 0 Å². The summed E-state index contributed by atoms with van der Waals surface area (Å²) in [6.45, 7) is 1.68. The summed E-state index contributed by atoms with van der Waals surface area (Å²) in [5, 5.41) is 2.77. The Balaban J connectivity index is 3.07. The van der Waals surface area contributed by atoms with E-state index in [0.717, 1.165) is 12.2 Å². The summed E-state index contributed by atoms with van der Waals surface area (Å²) in [7, 11) is 0. The number of halogens is 6. The van der Waals surface area contributed by atoms with Crippen molar-refractivity contribution in [2.24, 2.45) is 0 Å². The molecule has 0 unspecified atom stereocenters. The van der Waals surface area contributed by atoms with Crippen LogP contribution < -0.4 is 10.6 Å². The van der Waals surface area contributed by atoms with Gasteiger partial charge in [0.15, 0.2) is 0 Å². The normalized spacial score (nSPS) is 12.9. The maximum atomic E-state index is 12.9. The predicted octanol–water partition coefficient (Wildman–Crippen LogP) is 3.97. The van der Waals surface area contributed by atoms with Gasteiger partial charge in [-0.05, 0) is 31.5 Å². The van der Waals surface area contributed by atoms with Crippen LogP contribution in [0.15, 0.2) is 24.3 Å². The molecule has 1 aromatic carbocycles. The molecular formula is C13H14F6N2O2. The van der Waals surface area contributed by atoms with Gasteiger partial charge in [-0.15, -0.1) is 0 Å². The number of carbonyl (C=O) groups excluding carboxylic acids is 1. The summed E-state index contributed by atoms with van der Waals surface area (Å²) >= 11 is 0. The molecule has 0 spiro atoms. The molecule has 0 aliphatic heterocycles. The van der Waals surface area contributed by atoms with E-state index in [1.54, 1.807) is 13.0 Å². The van der Waals surface area contributed by atoms with Gasteiger partial charge in [-0.3, -0.25) is 5.32 Å². The maximum Gasteiger partial charge on any atom is 0.446 e. The van der Waals surface area contributed by atoms with Crippen LogP contribution in [0, 0.1) is 6.92 Å². The van der Waals surface area contributed by atoms with Crippen molar-refractivity contribution in [3.8, 4) is 0 Å². The number of rotatable bonds is 4. The van der Waals surface area contributed by atoms with Gasteiger partial charge in [0.2, 0.25) is 0 Å². The van der Waals surface area contributed by atoms with Crippen molar-refractivity contribution in [3.05, 3.63) is 29.8 Å². The Morgan fingerprint density at radius 1 is 1.13 bits per heavy atom. The summed E-state index contributed by atoms with van der Waals surface area (Å²) in [6.07, 6.45) is -11.8. The molecule has 0 aromatic heterocycles. The molecule has 130 valence electrons. The van der Waals surface area contributed by atoms with Gasteiger partial charge in [0, 0.05) is 12.3 Å². The second kappa shape index (κ2) is 6.65. The number of urea groups is 1. The molecule has 23 heavy (non-hydrogen) atoms. The standard InChI is InChI=1S/C13H14F6N2O2/c1-3-23-11(12(14,15)16,13(17,18)19)21-10(22)20-9-6-4-5-8(2)7-9/h4-7H,3H2,1-2H3,(H2,20,21,22). The van der Waals surface area contributed by atoms with Crippen LogP contribution in [0.25, 0.3) is 0 Å². The largest absolute Gasteiger partial charge is 0.446 e. The number of aryl methyl sites for hydroxylation is 1. The van der Waals surface area contributed by atoms with Crippen LogP contribution in [0.5, 0.6) is 0 Å². The molecule has 0 aliphatic rings. The Hall–Kier alpha value is -1.97. The van der Waals surface area contributed by atoms with Crippen LogP contribution in [0.3, 0.4) is 0 Å². The third kappa shape index (κ3) is 4.27. The fourth-order valence-electron chi connectivity index (χ4n) is 1.76. The van der Waals surface area contributed by atoms with Crippen molar-refractivity contribution in [2.75, 3.05) is 11.9 Å². The molecule has 0 heterocycles. The van der Waals surface area contributed by atoms with E-state index in [1.807, 2.05) is 5.32 Å². The van der Waals surface area contributed by atoms with Gasteiger partial charge in [-0.2, -0.15) is 26.3 Å². The lowest BCUT2D eigenvalue weighted by Gasteiger charge is -2.36. The number of hydrogen-bond donors (Lipinski definition) is 2. The van der Waals surface area contributed by atoms with Crippen LogP contribution in [-0.2, 0) is 4.74 Å². The average Bonchev–Trinajstić information content (AvgIpc) is 2.35. The van der Waals surface area contributed by atoms with E-state index < -0.39 is 30.7 Å². The zero-order valence-electron chi connectivity index (χ0n) is 12.1. The Morgan fingerprint density at radius 2 is 1.70 bits per heavy atom. The van der Waals surface area contributed by atoms with Crippen LogP contribution in [0.4, 0.5) is 36.8 Å².